The zero-order valence-electron chi connectivity index (χ0n) is 16.7. The van der Waals surface area contributed by atoms with Crippen molar-refractivity contribution in [3.8, 4) is 10.8 Å². The smallest absolute Gasteiger partial charge is 0.236 e. The largest absolute Gasteiger partial charge is 0.440 e. The van der Waals surface area contributed by atoms with E-state index in [1.165, 1.54) is 0 Å². The lowest BCUT2D eigenvalue weighted by Gasteiger charge is -2.33. The average molecular weight is 412 g/mol. The number of nitrogens with zero attached hydrogens (tertiary/aromatic N) is 4. The van der Waals surface area contributed by atoms with Gasteiger partial charge in [-0.3, -0.25) is 4.79 Å². The van der Waals surface area contributed by atoms with Crippen molar-refractivity contribution in [1.82, 2.24) is 20.2 Å². The summed E-state index contributed by atoms with van der Waals surface area (Å²) in [7, 11) is 2.14. The molecule has 0 bridgehead atoms. The van der Waals surface area contributed by atoms with Crippen molar-refractivity contribution in [3.05, 3.63) is 52.9 Å². The number of anilines is 1. The first kappa shape index (κ1) is 19.6. The van der Waals surface area contributed by atoms with E-state index in [0.717, 1.165) is 42.4 Å². The Hall–Kier alpha value is -2.71. The van der Waals surface area contributed by atoms with Crippen molar-refractivity contribution in [2.24, 2.45) is 0 Å². The van der Waals surface area contributed by atoms with Gasteiger partial charge in [-0.2, -0.15) is 0 Å². The van der Waals surface area contributed by atoms with Gasteiger partial charge >= 0.3 is 0 Å². The molecule has 3 aromatic heterocycles. The first-order chi connectivity index (χ1) is 14.1. The van der Waals surface area contributed by atoms with Crippen LogP contribution in [0.15, 0.2) is 40.3 Å². The molecule has 4 heterocycles. The first-order valence-electron chi connectivity index (χ1n) is 9.74. The number of hydrogen-bond acceptors (Lipinski definition) is 7. The van der Waals surface area contributed by atoms with E-state index in [0.29, 0.717) is 23.9 Å². The Morgan fingerprint density at radius 1 is 1.28 bits per heavy atom. The number of aryl methyl sites for hydroxylation is 1. The molecule has 29 heavy (non-hydrogen) atoms. The molecular formula is C21H25N5O2S. The number of likely N-dealkylation sites (N-methyl/N-ethyl adjacent to an activating group) is 1. The Morgan fingerprint density at radius 3 is 2.86 bits per heavy atom. The molecule has 1 saturated heterocycles. The molecule has 1 N–H and O–H groups in total. The Morgan fingerprint density at radius 2 is 2.10 bits per heavy atom. The van der Waals surface area contributed by atoms with Crippen molar-refractivity contribution in [1.29, 1.82) is 0 Å². The van der Waals surface area contributed by atoms with Crippen LogP contribution in [0.1, 0.15) is 17.0 Å². The SMILES string of the molecule is Cc1oc(-c2cccs2)nc1CC(=O)NCc1ccnc(N2CCN(C)CC2)c1. The quantitative estimate of drug-likeness (QED) is 0.672. The van der Waals surface area contributed by atoms with E-state index in [1.54, 1.807) is 11.3 Å². The molecule has 0 atom stereocenters. The van der Waals surface area contributed by atoms with E-state index < -0.39 is 0 Å². The molecule has 7 nitrogen and oxygen atoms in total. The molecular weight excluding hydrogens is 386 g/mol. The molecule has 0 aromatic carbocycles. The van der Waals surface area contributed by atoms with Gasteiger partial charge in [0.25, 0.3) is 0 Å². The highest BCUT2D eigenvalue weighted by molar-refractivity contribution is 7.13. The minimum atomic E-state index is -0.0721. The summed E-state index contributed by atoms with van der Waals surface area (Å²) in [4.78, 5) is 27.0. The zero-order chi connectivity index (χ0) is 20.2. The first-order valence-corrected chi connectivity index (χ1v) is 10.6. The molecule has 0 unspecified atom stereocenters. The van der Waals surface area contributed by atoms with E-state index in [1.807, 2.05) is 36.7 Å². The van der Waals surface area contributed by atoms with Crippen LogP contribution < -0.4 is 10.2 Å². The van der Waals surface area contributed by atoms with Crippen molar-refractivity contribution in [3.63, 3.8) is 0 Å². The highest BCUT2D eigenvalue weighted by Gasteiger charge is 2.17. The summed E-state index contributed by atoms with van der Waals surface area (Å²) in [6.45, 7) is 6.32. The number of nitrogens with one attached hydrogen (secondary N) is 1. The highest BCUT2D eigenvalue weighted by Crippen LogP contribution is 2.26. The molecule has 1 fully saturated rings. The summed E-state index contributed by atoms with van der Waals surface area (Å²) < 4.78 is 5.72. The van der Waals surface area contributed by atoms with Gasteiger partial charge in [-0.15, -0.1) is 11.3 Å². The topological polar surface area (TPSA) is 74.5 Å². The summed E-state index contributed by atoms with van der Waals surface area (Å²) in [5, 5.41) is 4.96. The molecule has 1 aliphatic heterocycles. The predicted molar refractivity (Wildman–Crippen MR) is 114 cm³/mol. The molecule has 0 aliphatic carbocycles. The van der Waals surface area contributed by atoms with Crippen LogP contribution in [-0.2, 0) is 17.8 Å². The maximum absolute atomic E-state index is 12.4. The van der Waals surface area contributed by atoms with Crippen molar-refractivity contribution in [2.75, 3.05) is 38.1 Å². The second-order valence-corrected chi connectivity index (χ2v) is 8.21. The summed E-state index contributed by atoms with van der Waals surface area (Å²) in [5.41, 5.74) is 1.72. The molecule has 0 saturated carbocycles. The van der Waals surface area contributed by atoms with Crippen molar-refractivity contribution >= 4 is 23.1 Å². The van der Waals surface area contributed by atoms with Gasteiger partial charge in [0.15, 0.2) is 0 Å². The van der Waals surface area contributed by atoms with Gasteiger partial charge in [0.2, 0.25) is 11.8 Å². The Balaban J connectivity index is 1.34. The van der Waals surface area contributed by atoms with Gasteiger partial charge in [-0.05, 0) is 43.1 Å². The van der Waals surface area contributed by atoms with Gasteiger partial charge in [-0.1, -0.05) is 6.07 Å². The molecule has 4 rings (SSSR count). The Bertz CT molecular complexity index is 961. The lowest BCUT2D eigenvalue weighted by Crippen LogP contribution is -2.44. The average Bonchev–Trinajstić information content (AvgIpc) is 3.38. The fourth-order valence-electron chi connectivity index (χ4n) is 3.29. The minimum Gasteiger partial charge on any atom is -0.440 e. The fourth-order valence-corrected chi connectivity index (χ4v) is 3.94. The van der Waals surface area contributed by atoms with Crippen molar-refractivity contribution < 1.29 is 9.21 Å². The number of oxazole rings is 1. The van der Waals surface area contributed by atoms with Crippen molar-refractivity contribution in [2.45, 2.75) is 19.9 Å². The van der Waals surface area contributed by atoms with Crippen LogP contribution in [0.2, 0.25) is 0 Å². The number of carbonyl (C=O) groups is 1. The van der Waals surface area contributed by atoms with E-state index >= 15 is 0 Å². The second-order valence-electron chi connectivity index (χ2n) is 7.27. The van der Waals surface area contributed by atoms with E-state index in [2.05, 4.69) is 38.2 Å². The molecule has 1 aliphatic rings. The molecule has 0 radical (unpaired) electrons. The third-order valence-corrected chi connectivity index (χ3v) is 5.94. The third-order valence-electron chi connectivity index (χ3n) is 5.08. The Kier molecular flexibility index (Phi) is 5.92. The molecule has 0 spiro atoms. The van der Waals surface area contributed by atoms with Crippen LogP contribution in [0.5, 0.6) is 0 Å². The number of amides is 1. The highest BCUT2D eigenvalue weighted by atomic mass is 32.1. The van der Waals surface area contributed by atoms with Gasteiger partial charge < -0.3 is 19.5 Å². The lowest BCUT2D eigenvalue weighted by molar-refractivity contribution is -0.120. The monoisotopic (exact) mass is 411 g/mol. The van der Waals surface area contributed by atoms with Gasteiger partial charge in [0.05, 0.1) is 17.0 Å². The number of carbonyl (C=O) groups excluding carboxylic acids is 1. The molecule has 8 heteroatoms. The second kappa shape index (κ2) is 8.75. The minimum absolute atomic E-state index is 0.0721. The normalized spacial score (nSPS) is 14.9. The van der Waals surface area contributed by atoms with Crippen LogP contribution in [0.25, 0.3) is 10.8 Å². The number of hydrogen-bond donors (Lipinski definition) is 1. The maximum Gasteiger partial charge on any atom is 0.236 e. The van der Waals surface area contributed by atoms with Crippen LogP contribution in [-0.4, -0.2) is 54.0 Å². The third kappa shape index (κ3) is 4.83. The number of piperazine rings is 1. The molecule has 3 aromatic rings. The molecule has 1 amide bonds. The van der Waals surface area contributed by atoms with Crippen LogP contribution in [0, 0.1) is 6.92 Å². The molecule has 152 valence electrons. The zero-order valence-corrected chi connectivity index (χ0v) is 17.5. The Labute approximate surface area is 174 Å². The van der Waals surface area contributed by atoms with E-state index in [-0.39, 0.29) is 12.3 Å². The number of thiophene rings is 1. The summed E-state index contributed by atoms with van der Waals surface area (Å²) in [6, 6.07) is 7.91. The van der Waals surface area contributed by atoms with Gasteiger partial charge in [0.1, 0.15) is 11.6 Å². The van der Waals surface area contributed by atoms with Gasteiger partial charge in [0, 0.05) is 38.9 Å². The maximum atomic E-state index is 12.4. The number of rotatable bonds is 6. The van der Waals surface area contributed by atoms with E-state index in [4.69, 9.17) is 4.42 Å². The van der Waals surface area contributed by atoms with Crippen LogP contribution in [0.3, 0.4) is 0 Å². The number of aromatic nitrogens is 2. The van der Waals surface area contributed by atoms with Gasteiger partial charge in [-0.25, -0.2) is 9.97 Å². The predicted octanol–water partition coefficient (Wildman–Crippen LogP) is 2.72. The summed E-state index contributed by atoms with van der Waals surface area (Å²) in [6.07, 6.45) is 2.02. The van der Waals surface area contributed by atoms with Crippen LogP contribution >= 0.6 is 11.3 Å². The van der Waals surface area contributed by atoms with E-state index in [9.17, 15) is 4.79 Å². The van der Waals surface area contributed by atoms with Crippen LogP contribution in [0.4, 0.5) is 5.82 Å². The fraction of sp³-hybridized carbons (Fsp3) is 0.381. The number of pyridine rings is 1. The lowest BCUT2D eigenvalue weighted by atomic mass is 10.2. The summed E-state index contributed by atoms with van der Waals surface area (Å²) in [5.74, 6) is 2.16. The summed E-state index contributed by atoms with van der Waals surface area (Å²) >= 11 is 1.57. The standard InChI is InChI=1S/C21H25N5O2S/c1-15-17(24-21(28-15)18-4-3-11-29-18)13-20(27)23-14-16-5-6-22-19(12-16)26-9-7-25(2)8-10-26/h3-6,11-12H,7-10,13-14H2,1-2H3,(H,23,27).